The predicted molar refractivity (Wildman–Crippen MR) is 324 cm³/mol. The van der Waals surface area contributed by atoms with Crippen LogP contribution in [0.5, 0.6) is 6.01 Å². The summed E-state index contributed by atoms with van der Waals surface area (Å²) in [7, 11) is 11.8. The van der Waals surface area contributed by atoms with E-state index < -0.39 is 5.60 Å². The van der Waals surface area contributed by atoms with E-state index in [1.54, 1.807) is 13.8 Å². The van der Waals surface area contributed by atoms with Gasteiger partial charge in [0.2, 0.25) is 5.91 Å². The van der Waals surface area contributed by atoms with Crippen molar-refractivity contribution in [2.75, 3.05) is 25.1 Å². The molecule has 428 valence electrons. The highest BCUT2D eigenvalue weighted by molar-refractivity contribution is 6.30. The number of aromatic nitrogens is 10. The number of benzene rings is 3. The van der Waals surface area contributed by atoms with E-state index in [0.29, 0.717) is 54.2 Å². The average molecular weight is 1090 g/mol. The van der Waals surface area contributed by atoms with Gasteiger partial charge in [-0.15, -0.1) is 0 Å². The lowest BCUT2D eigenvalue weighted by Gasteiger charge is -2.28. The number of nitrogens with two attached hydrogens (primary N) is 3. The van der Waals surface area contributed by atoms with Crippen molar-refractivity contribution < 1.29 is 14.6 Å². The Labute approximate surface area is 469 Å². The number of aliphatic hydroxyl groups is 1. The van der Waals surface area contributed by atoms with E-state index in [4.69, 9.17) is 43.5 Å². The number of nitrogen functional groups attached to an aromatic ring is 2. The highest BCUT2D eigenvalue weighted by atomic mass is 35.5. The van der Waals surface area contributed by atoms with Crippen LogP contribution in [0.3, 0.4) is 0 Å². The average Bonchev–Trinajstić information content (AvgIpc) is 4.18. The maximum atomic E-state index is 11.6. The van der Waals surface area contributed by atoms with Crippen molar-refractivity contribution in [1.82, 2.24) is 52.7 Å². The number of unbranched alkanes of at least 4 members (excludes halogenated alkanes) is 2. The number of amides is 1. The van der Waals surface area contributed by atoms with Crippen LogP contribution in [0.2, 0.25) is 5.15 Å². The summed E-state index contributed by atoms with van der Waals surface area (Å²) in [6, 6.07) is 19.3. The van der Waals surface area contributed by atoms with E-state index in [1.807, 2.05) is 78.0 Å². The van der Waals surface area contributed by atoms with Crippen molar-refractivity contribution in [1.29, 1.82) is 0 Å². The van der Waals surface area contributed by atoms with Crippen LogP contribution in [-0.4, -0.2) is 83.4 Å². The summed E-state index contributed by atoms with van der Waals surface area (Å²) in [6.45, 7) is 23.5. The van der Waals surface area contributed by atoms with Crippen molar-refractivity contribution >= 4 is 62.1 Å². The molecular formula is C60H93ClN14O3. The van der Waals surface area contributed by atoms with Crippen LogP contribution in [0.1, 0.15) is 149 Å². The maximum Gasteiger partial charge on any atom is 0.297 e. The van der Waals surface area contributed by atoms with E-state index in [9.17, 15) is 9.90 Å². The number of fused-ring (bicyclic) bond motifs is 3. The number of carbonyl (C=O) groups is 1. The molecule has 5 heterocycles. The Balaban J connectivity index is 0.000000217. The number of ether oxygens (including phenoxy) is 1. The van der Waals surface area contributed by atoms with E-state index in [-0.39, 0.29) is 5.91 Å². The molecule has 0 fully saturated rings. The summed E-state index contributed by atoms with van der Waals surface area (Å²) in [5.41, 5.74) is 27.1. The fraction of sp³-hybridized carbons (Fsp3) is 0.533. The Morgan fingerprint density at radius 2 is 1.35 bits per heavy atom. The molecule has 0 aliphatic heterocycles. The third-order valence-electron chi connectivity index (χ3n) is 14.1. The maximum absolute atomic E-state index is 11.6. The van der Waals surface area contributed by atoms with Gasteiger partial charge in [-0.05, 0) is 108 Å². The van der Waals surface area contributed by atoms with Crippen molar-refractivity contribution in [2.24, 2.45) is 46.9 Å². The summed E-state index contributed by atoms with van der Waals surface area (Å²) < 4.78 is 15.5. The number of rotatable bonds is 17. The van der Waals surface area contributed by atoms with Gasteiger partial charge in [0.1, 0.15) is 40.4 Å². The molecule has 0 bridgehead atoms. The molecule has 0 aliphatic carbocycles. The standard InChI is InChI=1S/C20H22N4.C11H23NO.C10H13N3O.C10H19N3O.C9H16ClN3/c1-5-8-18-22-19-13(2)11-14(12-17(19)23(18)3)20-21-15-9-6-7-10-16(15)24(20)4;1-6-7-8-11(13)12(5)10(4)9(2)3;1-3-14-10-12-8-6-4-5-7(11)9(8)13(10)2;1-5-6-7-12-8(10(2,3)14)9(11)13(7)4;1-3-4-5-8-12-9(10)7(6-11)13(8)2/h6-7,9-12H,5,8H2,1-4H3;9-10H,6-8H2,1-5H3;4-6H,3,11H2,1-2H3;14H,5-6,11H2,1-4H3;3-6,11H2,1-2H3. The van der Waals surface area contributed by atoms with Crippen LogP contribution < -0.4 is 21.9 Å². The first-order valence-electron chi connectivity index (χ1n) is 27.8. The number of hydrogen-bond donors (Lipinski definition) is 4. The Hall–Kier alpha value is -6.43. The summed E-state index contributed by atoms with van der Waals surface area (Å²) in [5, 5.41) is 10.4. The quantitative estimate of drug-likeness (QED) is 0.0629. The molecule has 17 nitrogen and oxygen atoms in total. The summed E-state index contributed by atoms with van der Waals surface area (Å²) >= 11 is 5.92. The molecule has 0 radical (unpaired) electrons. The number of carbonyl (C=O) groups excluding carboxylic acids is 1. The SMILES string of the molecule is CCCCC(=O)N(C)C(C)C(C)C.CCCCc1nc(Cl)c(CN)n1C.CCCc1nc(C(C)(C)O)c(N)n1C.CCCc1nc2c(C)cc(-c3nc4ccccc4n3C)cc2n1C.CCOc1nc2cccc(N)c2n1C. The highest BCUT2D eigenvalue weighted by Gasteiger charge is 2.25. The molecule has 8 aromatic rings. The van der Waals surface area contributed by atoms with Crippen LogP contribution in [0, 0.1) is 12.8 Å². The Morgan fingerprint density at radius 3 is 1.88 bits per heavy atom. The molecule has 0 saturated carbocycles. The molecule has 3 aromatic carbocycles. The molecule has 7 N–H and O–H groups in total. The predicted octanol–water partition coefficient (Wildman–Crippen LogP) is 11.7. The zero-order valence-electron chi connectivity index (χ0n) is 50.1. The van der Waals surface area contributed by atoms with Gasteiger partial charge in [-0.3, -0.25) is 9.36 Å². The minimum atomic E-state index is -0.964. The normalized spacial score (nSPS) is 11.7. The van der Waals surface area contributed by atoms with Crippen molar-refractivity contribution in [2.45, 2.75) is 159 Å². The summed E-state index contributed by atoms with van der Waals surface area (Å²) in [4.78, 5) is 36.1. The van der Waals surface area contributed by atoms with Crippen LogP contribution in [-0.2, 0) is 71.4 Å². The molecule has 78 heavy (non-hydrogen) atoms. The summed E-state index contributed by atoms with van der Waals surface area (Å²) in [5.74, 6) is 5.49. The second-order valence-corrected chi connectivity index (χ2v) is 21.3. The van der Waals surface area contributed by atoms with Crippen LogP contribution in [0.25, 0.3) is 44.5 Å². The minimum Gasteiger partial charge on any atom is -0.465 e. The molecule has 1 atom stereocenters. The molecular weight excluding hydrogens is 1000 g/mol. The van der Waals surface area contributed by atoms with E-state index in [0.717, 1.165) is 119 Å². The molecule has 0 saturated heterocycles. The molecule has 1 amide bonds. The fourth-order valence-electron chi connectivity index (χ4n) is 8.98. The molecule has 8 rings (SSSR count). The third kappa shape index (κ3) is 15.9. The first kappa shape index (κ1) is 64.1. The van der Waals surface area contributed by atoms with Gasteiger partial charge < -0.3 is 50.2 Å². The number of anilines is 2. The van der Waals surface area contributed by atoms with E-state index in [2.05, 4.69) is 124 Å². The van der Waals surface area contributed by atoms with Gasteiger partial charge >= 0.3 is 0 Å². The molecule has 1 unspecified atom stereocenters. The zero-order chi connectivity index (χ0) is 58.2. The minimum absolute atomic E-state index is 0.281. The van der Waals surface area contributed by atoms with Crippen molar-refractivity contribution in [3.05, 3.63) is 94.2 Å². The topological polar surface area (TPSA) is 217 Å². The number of nitrogens with zero attached hydrogens (tertiary/aromatic N) is 11. The summed E-state index contributed by atoms with van der Waals surface area (Å²) in [6.07, 6.45) is 10.1. The Morgan fingerprint density at radius 1 is 0.731 bits per heavy atom. The van der Waals surface area contributed by atoms with Crippen LogP contribution in [0.4, 0.5) is 11.5 Å². The lowest BCUT2D eigenvalue weighted by Crippen LogP contribution is -2.38. The van der Waals surface area contributed by atoms with Crippen LogP contribution in [0.15, 0.2) is 54.6 Å². The van der Waals surface area contributed by atoms with Gasteiger partial charge in [0.15, 0.2) is 5.15 Å². The number of imidazole rings is 5. The second-order valence-electron chi connectivity index (χ2n) is 20.9. The first-order chi connectivity index (χ1) is 36.9. The molecule has 18 heteroatoms. The van der Waals surface area contributed by atoms with Crippen molar-refractivity contribution in [3.8, 4) is 17.4 Å². The fourth-order valence-corrected chi connectivity index (χ4v) is 9.28. The zero-order valence-corrected chi connectivity index (χ0v) is 50.9. The van der Waals surface area contributed by atoms with Gasteiger partial charge in [0.25, 0.3) is 6.01 Å². The number of hydrogen-bond acceptors (Lipinski definition) is 11. The third-order valence-corrected chi connectivity index (χ3v) is 14.5. The van der Waals surface area contributed by atoms with Crippen molar-refractivity contribution in [3.63, 3.8) is 0 Å². The highest BCUT2D eigenvalue weighted by Crippen LogP contribution is 2.30. The first-order valence-corrected chi connectivity index (χ1v) is 28.2. The largest absolute Gasteiger partial charge is 0.465 e. The molecule has 0 aliphatic rings. The number of halogens is 1. The lowest BCUT2D eigenvalue weighted by atomic mass is 10.0. The number of para-hydroxylation sites is 3. The lowest BCUT2D eigenvalue weighted by molar-refractivity contribution is -0.132. The van der Waals surface area contributed by atoms with Gasteiger partial charge in [-0.25, -0.2) is 19.9 Å². The molecule has 5 aromatic heterocycles. The molecule has 0 spiro atoms. The van der Waals surface area contributed by atoms with Crippen LogP contribution >= 0.6 is 11.6 Å². The van der Waals surface area contributed by atoms with Gasteiger partial charge in [0, 0.05) is 86.1 Å². The van der Waals surface area contributed by atoms with E-state index >= 15 is 0 Å². The second kappa shape index (κ2) is 29.5. The smallest absolute Gasteiger partial charge is 0.297 e. The Bertz CT molecular complexity index is 3170. The van der Waals surface area contributed by atoms with E-state index in [1.165, 1.54) is 17.5 Å². The van der Waals surface area contributed by atoms with Gasteiger partial charge in [-0.2, -0.15) is 4.98 Å². The monoisotopic (exact) mass is 1090 g/mol. The Kier molecular flexibility index (Phi) is 24.3. The van der Waals surface area contributed by atoms with Gasteiger partial charge in [-0.1, -0.05) is 84.2 Å². The number of aryl methyl sites for hydroxylation is 7. The van der Waals surface area contributed by atoms with Gasteiger partial charge in [0.05, 0.1) is 51.1 Å².